The Morgan fingerprint density at radius 1 is 1.08 bits per heavy atom. The van der Waals surface area contributed by atoms with Crippen LogP contribution in [0.1, 0.15) is 31.7 Å². The van der Waals surface area contributed by atoms with Gasteiger partial charge in [0.2, 0.25) is 0 Å². The summed E-state index contributed by atoms with van der Waals surface area (Å²) in [6, 6.07) is 15.1. The van der Waals surface area contributed by atoms with Gasteiger partial charge in [0.25, 0.3) is 5.91 Å². The summed E-state index contributed by atoms with van der Waals surface area (Å²) in [6.07, 6.45) is -0.773. The number of ether oxygens (including phenoxy) is 1. The lowest BCUT2D eigenvalue weighted by Crippen LogP contribution is -2.30. The first-order chi connectivity index (χ1) is 11.5. The van der Waals surface area contributed by atoms with Crippen LogP contribution in [0.5, 0.6) is 0 Å². The fraction of sp³-hybridized carbons (Fsp3) is 0.263. The Hall–Kier alpha value is -2.69. The highest BCUT2D eigenvalue weighted by Gasteiger charge is 2.20. The first-order valence-corrected chi connectivity index (χ1v) is 7.76. The van der Waals surface area contributed by atoms with Gasteiger partial charge in [-0.15, -0.1) is 0 Å². The number of esters is 1. The molecule has 2 aromatic carbocycles. The second kappa shape index (κ2) is 8.24. The minimum Gasteiger partial charge on any atom is -0.453 e. The molecule has 2 aromatic rings. The van der Waals surface area contributed by atoms with Gasteiger partial charge in [-0.1, -0.05) is 43.3 Å². The molecule has 0 spiro atoms. The van der Waals surface area contributed by atoms with E-state index in [1.807, 2.05) is 37.3 Å². The maximum absolute atomic E-state index is 13.1. The van der Waals surface area contributed by atoms with E-state index in [2.05, 4.69) is 5.32 Å². The third-order valence-electron chi connectivity index (χ3n) is 3.61. The van der Waals surface area contributed by atoms with Crippen LogP contribution >= 0.6 is 0 Å². The van der Waals surface area contributed by atoms with E-state index in [0.29, 0.717) is 5.69 Å². The van der Waals surface area contributed by atoms with E-state index < -0.39 is 23.8 Å². The number of carbonyl (C=O) groups is 2. The quantitative estimate of drug-likeness (QED) is 0.818. The number of anilines is 1. The Morgan fingerprint density at radius 2 is 1.79 bits per heavy atom. The van der Waals surface area contributed by atoms with Gasteiger partial charge in [0, 0.05) is 5.69 Å². The zero-order valence-corrected chi connectivity index (χ0v) is 13.7. The number of halogens is 1. The molecule has 2 atom stereocenters. The van der Waals surface area contributed by atoms with Gasteiger partial charge in [-0.05, 0) is 36.6 Å². The predicted molar refractivity (Wildman–Crippen MR) is 90.1 cm³/mol. The van der Waals surface area contributed by atoms with Gasteiger partial charge >= 0.3 is 5.97 Å². The molecule has 1 amide bonds. The van der Waals surface area contributed by atoms with Gasteiger partial charge < -0.3 is 10.1 Å². The van der Waals surface area contributed by atoms with Crippen molar-refractivity contribution in [3.8, 4) is 0 Å². The molecule has 0 aromatic heterocycles. The number of nitrogens with one attached hydrogen (secondary N) is 1. The Kier molecular flexibility index (Phi) is 6.07. The summed E-state index contributed by atoms with van der Waals surface area (Å²) in [4.78, 5) is 24.0. The summed E-state index contributed by atoms with van der Waals surface area (Å²) < 4.78 is 18.3. The van der Waals surface area contributed by atoms with Gasteiger partial charge in [0.1, 0.15) is 5.82 Å². The first-order valence-electron chi connectivity index (χ1n) is 7.76. The zero-order valence-electron chi connectivity index (χ0n) is 13.7. The lowest BCUT2D eigenvalue weighted by atomic mass is 9.98. The standard InChI is InChI=1S/C19H20FNO3/c1-13(15-7-4-3-5-8-15)11-18(22)24-14(2)19(23)21-17-10-6-9-16(20)12-17/h3-10,12-14H,11H2,1-2H3,(H,21,23)/t13-,14+/m1/s1. The first kappa shape index (κ1) is 17.7. The molecule has 0 saturated heterocycles. The van der Waals surface area contributed by atoms with Crippen molar-refractivity contribution in [3.63, 3.8) is 0 Å². The van der Waals surface area contributed by atoms with Crippen molar-refractivity contribution in [1.82, 2.24) is 0 Å². The van der Waals surface area contributed by atoms with Crippen molar-refractivity contribution in [2.45, 2.75) is 32.3 Å². The Morgan fingerprint density at radius 3 is 2.46 bits per heavy atom. The number of hydrogen-bond acceptors (Lipinski definition) is 3. The number of rotatable bonds is 6. The Bertz CT molecular complexity index is 703. The van der Waals surface area contributed by atoms with E-state index in [4.69, 9.17) is 4.74 Å². The smallest absolute Gasteiger partial charge is 0.307 e. The maximum atomic E-state index is 13.1. The molecule has 0 aliphatic carbocycles. The monoisotopic (exact) mass is 329 g/mol. The van der Waals surface area contributed by atoms with Gasteiger partial charge in [-0.25, -0.2) is 4.39 Å². The molecule has 4 nitrogen and oxygen atoms in total. The highest BCUT2D eigenvalue weighted by atomic mass is 19.1. The van der Waals surface area contributed by atoms with Crippen molar-refractivity contribution in [3.05, 3.63) is 66.0 Å². The summed E-state index contributed by atoms with van der Waals surface area (Å²) in [6.45, 7) is 3.41. The minimum absolute atomic E-state index is 0.00261. The van der Waals surface area contributed by atoms with Gasteiger partial charge in [0.05, 0.1) is 6.42 Å². The van der Waals surface area contributed by atoms with Crippen molar-refractivity contribution >= 4 is 17.6 Å². The summed E-state index contributed by atoms with van der Waals surface area (Å²) in [5, 5.41) is 2.52. The van der Waals surface area contributed by atoms with E-state index in [1.54, 1.807) is 6.07 Å². The SMILES string of the molecule is C[C@H](OC(=O)C[C@@H](C)c1ccccc1)C(=O)Nc1cccc(F)c1. The third kappa shape index (κ3) is 5.19. The molecular formula is C19H20FNO3. The number of carbonyl (C=O) groups excluding carboxylic acids is 2. The summed E-state index contributed by atoms with van der Waals surface area (Å²) in [7, 11) is 0. The normalized spacial score (nSPS) is 13.0. The molecule has 126 valence electrons. The Balaban J connectivity index is 1.85. The minimum atomic E-state index is -0.955. The zero-order chi connectivity index (χ0) is 17.5. The third-order valence-corrected chi connectivity index (χ3v) is 3.61. The van der Waals surface area contributed by atoms with Gasteiger partial charge in [0.15, 0.2) is 6.10 Å². The number of amides is 1. The van der Waals surface area contributed by atoms with Crippen LogP contribution in [0.3, 0.4) is 0 Å². The highest BCUT2D eigenvalue weighted by molar-refractivity contribution is 5.95. The summed E-state index contributed by atoms with van der Waals surface area (Å²) in [5.41, 5.74) is 1.35. The summed E-state index contributed by atoms with van der Waals surface area (Å²) >= 11 is 0. The molecule has 0 saturated carbocycles. The molecule has 0 bridgehead atoms. The topological polar surface area (TPSA) is 55.4 Å². The van der Waals surface area contributed by atoms with E-state index in [0.717, 1.165) is 5.56 Å². The fourth-order valence-corrected chi connectivity index (χ4v) is 2.26. The van der Waals surface area contributed by atoms with Crippen molar-refractivity contribution in [1.29, 1.82) is 0 Å². The predicted octanol–water partition coefficient (Wildman–Crippen LogP) is 3.89. The largest absolute Gasteiger partial charge is 0.453 e. The molecule has 0 heterocycles. The molecule has 2 rings (SSSR count). The second-order valence-corrected chi connectivity index (χ2v) is 5.65. The van der Waals surface area contributed by atoms with Crippen LogP contribution in [0.2, 0.25) is 0 Å². The van der Waals surface area contributed by atoms with Crippen LogP contribution in [0.4, 0.5) is 10.1 Å². The van der Waals surface area contributed by atoms with Crippen LogP contribution in [0, 0.1) is 5.82 Å². The van der Waals surface area contributed by atoms with Gasteiger partial charge in [-0.2, -0.15) is 0 Å². The van der Waals surface area contributed by atoms with Crippen molar-refractivity contribution < 1.29 is 18.7 Å². The van der Waals surface area contributed by atoms with E-state index in [-0.39, 0.29) is 12.3 Å². The molecular weight excluding hydrogens is 309 g/mol. The van der Waals surface area contributed by atoms with Crippen LogP contribution in [-0.2, 0) is 14.3 Å². The molecule has 0 aliphatic rings. The molecule has 0 unspecified atom stereocenters. The van der Waals surface area contributed by atoms with Crippen LogP contribution < -0.4 is 5.32 Å². The van der Waals surface area contributed by atoms with Crippen LogP contribution in [0.25, 0.3) is 0 Å². The molecule has 1 N–H and O–H groups in total. The average molecular weight is 329 g/mol. The Labute approximate surface area is 140 Å². The molecule has 0 fully saturated rings. The molecule has 0 aliphatic heterocycles. The number of benzene rings is 2. The van der Waals surface area contributed by atoms with Crippen LogP contribution in [-0.4, -0.2) is 18.0 Å². The van der Waals surface area contributed by atoms with Crippen LogP contribution in [0.15, 0.2) is 54.6 Å². The van der Waals surface area contributed by atoms with E-state index >= 15 is 0 Å². The fourth-order valence-electron chi connectivity index (χ4n) is 2.26. The van der Waals surface area contributed by atoms with Gasteiger partial charge in [-0.3, -0.25) is 9.59 Å². The van der Waals surface area contributed by atoms with Crippen molar-refractivity contribution in [2.75, 3.05) is 5.32 Å². The van der Waals surface area contributed by atoms with E-state index in [9.17, 15) is 14.0 Å². The lowest BCUT2D eigenvalue weighted by Gasteiger charge is -2.16. The highest BCUT2D eigenvalue weighted by Crippen LogP contribution is 2.19. The maximum Gasteiger partial charge on any atom is 0.307 e. The second-order valence-electron chi connectivity index (χ2n) is 5.65. The number of hydrogen-bond donors (Lipinski definition) is 1. The summed E-state index contributed by atoms with van der Waals surface area (Å²) in [5.74, 6) is -1.40. The molecule has 24 heavy (non-hydrogen) atoms. The molecule has 5 heteroatoms. The van der Waals surface area contributed by atoms with Crippen molar-refractivity contribution in [2.24, 2.45) is 0 Å². The average Bonchev–Trinajstić information content (AvgIpc) is 2.55. The lowest BCUT2D eigenvalue weighted by molar-refractivity contribution is -0.153. The van der Waals surface area contributed by atoms with E-state index in [1.165, 1.54) is 25.1 Å². The molecule has 0 radical (unpaired) electrons.